The van der Waals surface area contributed by atoms with Crippen LogP contribution < -0.4 is 0 Å². The second kappa shape index (κ2) is 8.51. The molecule has 2 fully saturated rings. The molecule has 1 heterocycles. The number of esters is 1. The van der Waals surface area contributed by atoms with Crippen LogP contribution in [0.15, 0.2) is 0 Å². The van der Waals surface area contributed by atoms with E-state index < -0.39 is 0 Å². The number of hydrogen-bond acceptors (Lipinski definition) is 5. The molecule has 2 aliphatic rings. The lowest BCUT2D eigenvalue weighted by atomic mass is 9.98. The van der Waals surface area contributed by atoms with Crippen molar-refractivity contribution in [3.63, 3.8) is 0 Å². The minimum Gasteiger partial charge on any atom is -0.461 e. The third kappa shape index (κ3) is 5.89. The van der Waals surface area contributed by atoms with Crippen molar-refractivity contribution in [3.8, 4) is 0 Å². The highest BCUT2D eigenvalue weighted by Gasteiger charge is 2.17. The van der Waals surface area contributed by atoms with Crippen molar-refractivity contribution in [1.82, 2.24) is 4.90 Å². The van der Waals surface area contributed by atoms with Crippen LogP contribution in [-0.2, 0) is 19.0 Å². The molecular weight excluding hydrogens is 246 g/mol. The summed E-state index contributed by atoms with van der Waals surface area (Å²) in [5.41, 5.74) is 0. The number of hydrogen-bond donors (Lipinski definition) is 0. The average Bonchev–Trinajstić information content (AvgIpc) is 2.46. The largest absolute Gasteiger partial charge is 0.461 e. The Morgan fingerprint density at radius 2 is 1.89 bits per heavy atom. The van der Waals surface area contributed by atoms with Crippen LogP contribution in [-0.4, -0.2) is 63.0 Å². The summed E-state index contributed by atoms with van der Waals surface area (Å²) >= 11 is 0. The van der Waals surface area contributed by atoms with Crippen LogP contribution >= 0.6 is 0 Å². The zero-order chi connectivity index (χ0) is 13.3. The van der Waals surface area contributed by atoms with Gasteiger partial charge >= 0.3 is 5.97 Å². The first kappa shape index (κ1) is 14.8. The number of ether oxygens (including phenoxy) is 3. The minimum absolute atomic E-state index is 0.0842. The van der Waals surface area contributed by atoms with Crippen LogP contribution in [0.4, 0.5) is 0 Å². The van der Waals surface area contributed by atoms with Crippen LogP contribution in [0, 0.1) is 0 Å². The van der Waals surface area contributed by atoms with Gasteiger partial charge in [-0.1, -0.05) is 6.42 Å². The predicted octanol–water partition coefficient (Wildman–Crippen LogP) is 1.21. The molecule has 5 nitrogen and oxygen atoms in total. The molecule has 0 spiro atoms. The monoisotopic (exact) mass is 271 g/mol. The quantitative estimate of drug-likeness (QED) is 0.537. The van der Waals surface area contributed by atoms with Gasteiger partial charge in [0.25, 0.3) is 0 Å². The SMILES string of the molecule is O=C(COCCN1CCOCC1)OC1CCCCC1. The summed E-state index contributed by atoms with van der Waals surface area (Å²) in [6, 6.07) is 0. The molecule has 0 amide bonds. The van der Waals surface area contributed by atoms with Gasteiger partial charge in [-0.2, -0.15) is 0 Å². The van der Waals surface area contributed by atoms with Crippen molar-refractivity contribution in [3.05, 3.63) is 0 Å². The van der Waals surface area contributed by atoms with E-state index in [-0.39, 0.29) is 18.7 Å². The normalized spacial score (nSPS) is 22.3. The van der Waals surface area contributed by atoms with Gasteiger partial charge in [-0.25, -0.2) is 4.79 Å². The number of carbonyl (C=O) groups is 1. The van der Waals surface area contributed by atoms with Crippen molar-refractivity contribution >= 4 is 5.97 Å². The number of nitrogens with zero attached hydrogens (tertiary/aromatic N) is 1. The maximum atomic E-state index is 11.6. The van der Waals surface area contributed by atoms with Crippen LogP contribution in [0.3, 0.4) is 0 Å². The van der Waals surface area contributed by atoms with Gasteiger partial charge in [0.05, 0.1) is 19.8 Å². The lowest BCUT2D eigenvalue weighted by Crippen LogP contribution is -2.38. The summed E-state index contributed by atoms with van der Waals surface area (Å²) in [5.74, 6) is -0.214. The van der Waals surface area contributed by atoms with Gasteiger partial charge in [-0.3, -0.25) is 4.90 Å². The third-order valence-electron chi connectivity index (χ3n) is 3.73. The van der Waals surface area contributed by atoms with E-state index in [0.717, 1.165) is 45.7 Å². The lowest BCUT2D eigenvalue weighted by molar-refractivity contribution is -0.156. The second-order valence-electron chi connectivity index (χ2n) is 5.26. The van der Waals surface area contributed by atoms with Gasteiger partial charge in [0.2, 0.25) is 0 Å². The summed E-state index contributed by atoms with van der Waals surface area (Å²) < 4.78 is 16.0. The zero-order valence-electron chi connectivity index (χ0n) is 11.6. The highest BCUT2D eigenvalue weighted by molar-refractivity contribution is 5.70. The summed E-state index contributed by atoms with van der Waals surface area (Å²) in [7, 11) is 0. The molecule has 1 saturated carbocycles. The topological polar surface area (TPSA) is 48.0 Å². The molecule has 0 unspecified atom stereocenters. The van der Waals surface area contributed by atoms with Crippen molar-refractivity contribution in [2.45, 2.75) is 38.2 Å². The molecular formula is C14H25NO4. The first-order valence-corrected chi connectivity index (χ1v) is 7.42. The van der Waals surface area contributed by atoms with Crippen LogP contribution in [0.5, 0.6) is 0 Å². The summed E-state index contributed by atoms with van der Waals surface area (Å²) in [6.07, 6.45) is 5.78. The number of rotatable bonds is 6. The standard InChI is InChI=1S/C14H25NO4/c16-14(19-13-4-2-1-3-5-13)12-18-11-8-15-6-9-17-10-7-15/h13H,1-12H2. The van der Waals surface area contributed by atoms with Crippen molar-refractivity contribution in [2.24, 2.45) is 0 Å². The Morgan fingerprint density at radius 1 is 1.16 bits per heavy atom. The minimum atomic E-state index is -0.214. The van der Waals surface area contributed by atoms with Crippen molar-refractivity contribution in [2.75, 3.05) is 46.1 Å². The maximum absolute atomic E-state index is 11.6. The van der Waals surface area contributed by atoms with E-state index in [9.17, 15) is 4.79 Å². The molecule has 0 N–H and O–H groups in total. The van der Waals surface area contributed by atoms with Gasteiger partial charge in [0.15, 0.2) is 0 Å². The Hall–Kier alpha value is -0.650. The number of morpholine rings is 1. The van der Waals surface area contributed by atoms with Gasteiger partial charge in [-0.05, 0) is 25.7 Å². The molecule has 1 saturated heterocycles. The van der Waals surface area contributed by atoms with E-state index in [1.165, 1.54) is 19.3 Å². The molecule has 0 atom stereocenters. The third-order valence-corrected chi connectivity index (χ3v) is 3.73. The number of carbonyl (C=O) groups excluding carboxylic acids is 1. The van der Waals surface area contributed by atoms with Crippen molar-refractivity contribution in [1.29, 1.82) is 0 Å². The predicted molar refractivity (Wildman–Crippen MR) is 71.0 cm³/mol. The van der Waals surface area contributed by atoms with E-state index in [1.807, 2.05) is 0 Å². The molecule has 0 aromatic heterocycles. The molecule has 0 aromatic carbocycles. The molecule has 0 aromatic rings. The molecule has 2 rings (SSSR count). The first-order chi connectivity index (χ1) is 9.34. The molecule has 0 bridgehead atoms. The fourth-order valence-corrected chi connectivity index (χ4v) is 2.58. The Bertz CT molecular complexity index is 260. The van der Waals surface area contributed by atoms with Gasteiger partial charge in [0.1, 0.15) is 12.7 Å². The summed E-state index contributed by atoms with van der Waals surface area (Å²) in [6.45, 7) is 5.03. The first-order valence-electron chi connectivity index (χ1n) is 7.42. The van der Waals surface area contributed by atoms with E-state index >= 15 is 0 Å². The van der Waals surface area contributed by atoms with Crippen LogP contribution in [0.2, 0.25) is 0 Å². The summed E-state index contributed by atoms with van der Waals surface area (Å²) in [4.78, 5) is 13.9. The molecule has 1 aliphatic carbocycles. The Balaban J connectivity index is 1.48. The Morgan fingerprint density at radius 3 is 2.63 bits per heavy atom. The Labute approximate surface area is 115 Å². The molecule has 1 aliphatic heterocycles. The Kier molecular flexibility index (Phi) is 6.61. The lowest BCUT2D eigenvalue weighted by Gasteiger charge is -2.26. The molecule has 110 valence electrons. The fourth-order valence-electron chi connectivity index (χ4n) is 2.58. The van der Waals surface area contributed by atoms with Gasteiger partial charge in [0, 0.05) is 19.6 Å². The van der Waals surface area contributed by atoms with E-state index in [1.54, 1.807) is 0 Å². The van der Waals surface area contributed by atoms with E-state index in [0.29, 0.717) is 6.61 Å². The second-order valence-corrected chi connectivity index (χ2v) is 5.26. The summed E-state index contributed by atoms with van der Waals surface area (Å²) in [5, 5.41) is 0. The van der Waals surface area contributed by atoms with Crippen LogP contribution in [0.1, 0.15) is 32.1 Å². The molecule has 0 radical (unpaired) electrons. The van der Waals surface area contributed by atoms with Gasteiger partial charge < -0.3 is 14.2 Å². The van der Waals surface area contributed by atoms with Gasteiger partial charge in [-0.15, -0.1) is 0 Å². The smallest absolute Gasteiger partial charge is 0.332 e. The molecule has 19 heavy (non-hydrogen) atoms. The van der Waals surface area contributed by atoms with E-state index in [2.05, 4.69) is 4.90 Å². The van der Waals surface area contributed by atoms with E-state index in [4.69, 9.17) is 14.2 Å². The van der Waals surface area contributed by atoms with Crippen molar-refractivity contribution < 1.29 is 19.0 Å². The van der Waals surface area contributed by atoms with Crippen LogP contribution in [0.25, 0.3) is 0 Å². The highest BCUT2D eigenvalue weighted by Crippen LogP contribution is 2.20. The fraction of sp³-hybridized carbons (Fsp3) is 0.929. The highest BCUT2D eigenvalue weighted by atomic mass is 16.6. The average molecular weight is 271 g/mol. The maximum Gasteiger partial charge on any atom is 0.332 e. The molecule has 5 heteroatoms. The zero-order valence-corrected chi connectivity index (χ0v) is 11.6.